The molecule has 21 heavy (non-hydrogen) atoms. The molecule has 106 valence electrons. The zero-order valence-corrected chi connectivity index (χ0v) is 11.9. The number of hydrogen-bond acceptors (Lipinski definition) is 3. The molecule has 2 N–H and O–H groups in total. The predicted octanol–water partition coefficient (Wildman–Crippen LogP) is 3.45. The summed E-state index contributed by atoms with van der Waals surface area (Å²) in [4.78, 5) is 10.8. The van der Waals surface area contributed by atoms with Gasteiger partial charge in [0.2, 0.25) is 0 Å². The van der Waals surface area contributed by atoms with Gasteiger partial charge in [0.25, 0.3) is 0 Å². The molecule has 0 atom stereocenters. The molecule has 0 radical (unpaired) electrons. The molecule has 5 heteroatoms. The number of nitrogens with zero attached hydrogens (tertiary/aromatic N) is 1. The van der Waals surface area contributed by atoms with Crippen LogP contribution in [-0.4, -0.2) is 11.1 Å². The summed E-state index contributed by atoms with van der Waals surface area (Å²) in [5, 5.41) is 21.3. The Morgan fingerprint density at radius 3 is 2.57 bits per heavy atom. The molecule has 0 aliphatic heterocycles. The molecule has 0 aliphatic carbocycles. The van der Waals surface area contributed by atoms with E-state index in [1.54, 1.807) is 24.3 Å². The molecule has 4 nitrogen and oxygen atoms in total. The van der Waals surface area contributed by atoms with Crippen LogP contribution in [0.4, 0.5) is 5.69 Å². The minimum absolute atomic E-state index is 0.0149. The molecule has 0 saturated heterocycles. The SMILES string of the molecule is N#Cc1ccc(NCc2ccccc2CC(=O)O)c(Cl)c1. The van der Waals surface area contributed by atoms with Crippen LogP contribution in [0.5, 0.6) is 0 Å². The number of carboxylic acids is 1. The van der Waals surface area contributed by atoms with Gasteiger partial charge in [-0.2, -0.15) is 5.26 Å². The van der Waals surface area contributed by atoms with Crippen molar-refractivity contribution in [2.45, 2.75) is 13.0 Å². The van der Waals surface area contributed by atoms with Gasteiger partial charge in [-0.15, -0.1) is 0 Å². The van der Waals surface area contributed by atoms with Gasteiger partial charge in [0.15, 0.2) is 0 Å². The highest BCUT2D eigenvalue weighted by Gasteiger charge is 2.07. The topological polar surface area (TPSA) is 73.1 Å². The van der Waals surface area contributed by atoms with Crippen LogP contribution in [0.15, 0.2) is 42.5 Å². The van der Waals surface area contributed by atoms with Crippen LogP contribution in [0.2, 0.25) is 5.02 Å². The first-order chi connectivity index (χ1) is 10.1. The summed E-state index contributed by atoms with van der Waals surface area (Å²) >= 11 is 6.09. The normalized spacial score (nSPS) is 9.90. The molecule has 0 bridgehead atoms. The number of rotatable bonds is 5. The van der Waals surface area contributed by atoms with Gasteiger partial charge in [0.05, 0.1) is 28.8 Å². The highest BCUT2D eigenvalue weighted by molar-refractivity contribution is 6.33. The molecule has 0 aromatic heterocycles. The third-order valence-corrected chi connectivity index (χ3v) is 3.34. The number of carbonyl (C=O) groups is 1. The molecule has 0 fully saturated rings. The molecule has 0 saturated carbocycles. The number of nitriles is 1. The lowest BCUT2D eigenvalue weighted by Crippen LogP contribution is -2.07. The van der Waals surface area contributed by atoms with Crippen molar-refractivity contribution in [3.8, 4) is 6.07 Å². The minimum atomic E-state index is -0.862. The molecular formula is C16H13ClN2O2. The zero-order chi connectivity index (χ0) is 15.2. The highest BCUT2D eigenvalue weighted by atomic mass is 35.5. The number of aliphatic carboxylic acids is 1. The molecule has 0 amide bonds. The molecule has 0 aliphatic rings. The maximum atomic E-state index is 10.8. The number of hydrogen-bond donors (Lipinski definition) is 2. The van der Waals surface area contributed by atoms with Crippen LogP contribution in [0.3, 0.4) is 0 Å². The first-order valence-electron chi connectivity index (χ1n) is 6.32. The van der Waals surface area contributed by atoms with Crippen molar-refractivity contribution in [2.24, 2.45) is 0 Å². The van der Waals surface area contributed by atoms with E-state index in [-0.39, 0.29) is 6.42 Å². The summed E-state index contributed by atoms with van der Waals surface area (Å²) in [5.74, 6) is -0.862. The van der Waals surface area contributed by atoms with Crippen molar-refractivity contribution in [3.63, 3.8) is 0 Å². The van der Waals surface area contributed by atoms with Crippen molar-refractivity contribution in [2.75, 3.05) is 5.32 Å². The van der Waals surface area contributed by atoms with Crippen molar-refractivity contribution in [3.05, 3.63) is 64.2 Å². The minimum Gasteiger partial charge on any atom is -0.481 e. The summed E-state index contributed by atoms with van der Waals surface area (Å²) < 4.78 is 0. The number of nitrogens with one attached hydrogen (secondary N) is 1. The number of halogens is 1. The summed E-state index contributed by atoms with van der Waals surface area (Å²) in [6.07, 6.45) is -0.0149. The third-order valence-electron chi connectivity index (χ3n) is 3.03. The summed E-state index contributed by atoms with van der Waals surface area (Å²) in [7, 11) is 0. The predicted molar refractivity (Wildman–Crippen MR) is 81.3 cm³/mol. The van der Waals surface area contributed by atoms with Crippen molar-refractivity contribution >= 4 is 23.3 Å². The second kappa shape index (κ2) is 6.78. The maximum absolute atomic E-state index is 10.8. The van der Waals surface area contributed by atoms with Crippen molar-refractivity contribution < 1.29 is 9.90 Å². The van der Waals surface area contributed by atoms with E-state index >= 15 is 0 Å². The Labute approximate surface area is 127 Å². The van der Waals surface area contributed by atoms with Gasteiger partial charge in [-0.3, -0.25) is 4.79 Å². The highest BCUT2D eigenvalue weighted by Crippen LogP contribution is 2.23. The summed E-state index contributed by atoms with van der Waals surface area (Å²) in [6.45, 7) is 0.467. The molecule has 0 unspecified atom stereocenters. The molecule has 0 heterocycles. The third kappa shape index (κ3) is 3.98. The average molecular weight is 301 g/mol. The van der Waals surface area contributed by atoms with Crippen molar-refractivity contribution in [1.82, 2.24) is 0 Å². The van der Waals surface area contributed by atoms with Crippen molar-refractivity contribution in [1.29, 1.82) is 5.26 Å². The maximum Gasteiger partial charge on any atom is 0.307 e. The van der Waals surface area contributed by atoms with E-state index in [2.05, 4.69) is 5.32 Å². The fourth-order valence-corrected chi connectivity index (χ4v) is 2.23. The van der Waals surface area contributed by atoms with E-state index in [9.17, 15) is 4.79 Å². The van der Waals surface area contributed by atoms with Crippen LogP contribution in [0, 0.1) is 11.3 Å². The first-order valence-corrected chi connectivity index (χ1v) is 6.70. The van der Waals surface area contributed by atoms with Gasteiger partial charge in [-0.05, 0) is 29.3 Å². The Morgan fingerprint density at radius 1 is 1.24 bits per heavy atom. The largest absolute Gasteiger partial charge is 0.481 e. The number of carboxylic acid groups (broad SMARTS) is 1. The lowest BCUT2D eigenvalue weighted by Gasteiger charge is -2.11. The summed E-state index contributed by atoms with van der Waals surface area (Å²) in [5.41, 5.74) is 2.88. The van der Waals surface area contributed by atoms with Crippen LogP contribution >= 0.6 is 11.6 Å². The van der Waals surface area contributed by atoms with Gasteiger partial charge in [-0.25, -0.2) is 0 Å². The Bertz CT molecular complexity index is 708. The fraction of sp³-hybridized carbons (Fsp3) is 0.125. The fourth-order valence-electron chi connectivity index (χ4n) is 1.98. The molecule has 0 spiro atoms. The average Bonchev–Trinajstić information content (AvgIpc) is 2.46. The Morgan fingerprint density at radius 2 is 1.95 bits per heavy atom. The van der Waals surface area contributed by atoms with Gasteiger partial charge in [0, 0.05) is 6.54 Å². The zero-order valence-electron chi connectivity index (χ0n) is 11.1. The Hall–Kier alpha value is -2.51. The lowest BCUT2D eigenvalue weighted by molar-refractivity contribution is -0.136. The van der Waals surface area contributed by atoms with Gasteiger partial charge >= 0.3 is 5.97 Å². The molecular weight excluding hydrogens is 288 g/mol. The van der Waals surface area contributed by atoms with Gasteiger partial charge in [0.1, 0.15) is 0 Å². The van der Waals surface area contributed by atoms with E-state index < -0.39 is 5.97 Å². The smallest absolute Gasteiger partial charge is 0.307 e. The standard InChI is InChI=1S/C16H13ClN2O2/c17-14-7-11(9-18)5-6-15(14)19-10-13-4-2-1-3-12(13)8-16(20)21/h1-7,19H,8,10H2,(H,20,21). The quantitative estimate of drug-likeness (QED) is 0.887. The second-order valence-corrected chi connectivity index (χ2v) is 4.91. The van der Waals surface area contributed by atoms with Gasteiger partial charge in [-0.1, -0.05) is 35.9 Å². The van der Waals surface area contributed by atoms with Crippen LogP contribution in [0.1, 0.15) is 16.7 Å². The lowest BCUT2D eigenvalue weighted by atomic mass is 10.0. The van der Waals surface area contributed by atoms with Gasteiger partial charge < -0.3 is 10.4 Å². The van der Waals surface area contributed by atoms with Crippen LogP contribution < -0.4 is 5.32 Å². The molecule has 2 aromatic rings. The molecule has 2 aromatic carbocycles. The molecule has 2 rings (SSSR count). The second-order valence-electron chi connectivity index (χ2n) is 4.50. The summed E-state index contributed by atoms with van der Waals surface area (Å²) in [6, 6.07) is 14.4. The van der Waals surface area contributed by atoms with Crippen LogP contribution in [-0.2, 0) is 17.8 Å². The Kier molecular flexibility index (Phi) is 4.81. The number of benzene rings is 2. The van der Waals surface area contributed by atoms with Crippen LogP contribution in [0.25, 0.3) is 0 Å². The van der Waals surface area contributed by atoms with E-state index in [0.717, 1.165) is 11.1 Å². The first kappa shape index (κ1) is 14.9. The van der Waals surface area contributed by atoms with E-state index in [1.807, 2.05) is 24.3 Å². The van der Waals surface area contributed by atoms with E-state index in [1.165, 1.54) is 0 Å². The van der Waals surface area contributed by atoms with E-state index in [0.29, 0.717) is 22.8 Å². The monoisotopic (exact) mass is 300 g/mol. The van der Waals surface area contributed by atoms with E-state index in [4.69, 9.17) is 22.0 Å². The number of anilines is 1. The Balaban J connectivity index is 2.13.